The van der Waals surface area contributed by atoms with E-state index in [0.717, 1.165) is 52.2 Å². The Morgan fingerprint density at radius 2 is 2.03 bits per heavy atom. The van der Waals surface area contributed by atoms with E-state index in [-0.39, 0.29) is 11.9 Å². The van der Waals surface area contributed by atoms with Crippen molar-refractivity contribution in [1.29, 1.82) is 0 Å². The molecule has 3 aromatic heterocycles. The van der Waals surface area contributed by atoms with Gasteiger partial charge in [0.15, 0.2) is 5.65 Å². The molecule has 0 N–H and O–H groups in total. The lowest BCUT2D eigenvalue weighted by atomic mass is 10.1. The van der Waals surface area contributed by atoms with Gasteiger partial charge in [0.05, 0.1) is 41.3 Å². The fourth-order valence-electron chi connectivity index (χ4n) is 4.35. The maximum atomic E-state index is 13.6. The Morgan fingerprint density at radius 3 is 2.87 bits per heavy atom. The van der Waals surface area contributed by atoms with Crippen LogP contribution in [-0.2, 0) is 0 Å². The number of carbonyl (C=O) groups is 1. The van der Waals surface area contributed by atoms with Crippen molar-refractivity contribution < 1.29 is 9.53 Å². The first-order chi connectivity index (χ1) is 14.5. The van der Waals surface area contributed by atoms with Gasteiger partial charge >= 0.3 is 0 Å². The van der Waals surface area contributed by atoms with E-state index in [2.05, 4.69) is 15.1 Å². The number of carbonyl (C=O) groups excluding carboxylic acids is 1. The molecule has 0 bridgehead atoms. The van der Waals surface area contributed by atoms with E-state index in [1.165, 1.54) is 0 Å². The van der Waals surface area contributed by atoms with E-state index in [4.69, 9.17) is 4.74 Å². The molecule has 1 unspecified atom stereocenters. The summed E-state index contributed by atoms with van der Waals surface area (Å²) in [5.41, 5.74) is 4.93. The molecule has 1 aromatic carbocycles. The van der Waals surface area contributed by atoms with E-state index < -0.39 is 0 Å². The van der Waals surface area contributed by atoms with E-state index in [1.807, 2.05) is 59.7 Å². The van der Waals surface area contributed by atoms with E-state index >= 15 is 0 Å². The lowest BCUT2D eigenvalue weighted by Crippen LogP contribution is -2.32. The summed E-state index contributed by atoms with van der Waals surface area (Å²) >= 11 is 0. The topological polar surface area (TPSA) is 72.6 Å². The van der Waals surface area contributed by atoms with Crippen LogP contribution in [0.4, 0.5) is 0 Å². The van der Waals surface area contributed by atoms with Gasteiger partial charge in [0.2, 0.25) is 0 Å². The average Bonchev–Trinajstić information content (AvgIpc) is 3.38. The SMILES string of the molecule is COc1ccc2nc(C)c(C(=O)N3CCCC3c3ccnc4cc(C)nn34)cc2c1. The molecule has 1 saturated heterocycles. The second kappa shape index (κ2) is 7.09. The van der Waals surface area contributed by atoms with Gasteiger partial charge in [-0.2, -0.15) is 5.10 Å². The lowest BCUT2D eigenvalue weighted by molar-refractivity contribution is 0.0730. The number of benzene rings is 1. The minimum atomic E-state index is -0.0392. The van der Waals surface area contributed by atoms with Crippen LogP contribution in [0.15, 0.2) is 42.6 Å². The molecule has 4 aromatic rings. The van der Waals surface area contributed by atoms with E-state index in [1.54, 1.807) is 13.3 Å². The molecule has 4 heterocycles. The van der Waals surface area contributed by atoms with Gasteiger partial charge in [-0.05, 0) is 57.0 Å². The van der Waals surface area contributed by atoms with Crippen molar-refractivity contribution in [3.63, 3.8) is 0 Å². The quantitative estimate of drug-likeness (QED) is 0.521. The number of nitrogens with zero attached hydrogens (tertiary/aromatic N) is 5. The first kappa shape index (κ1) is 18.5. The van der Waals surface area contributed by atoms with Gasteiger partial charge in [-0.15, -0.1) is 0 Å². The van der Waals surface area contributed by atoms with Gasteiger partial charge < -0.3 is 9.64 Å². The largest absolute Gasteiger partial charge is 0.497 e. The summed E-state index contributed by atoms with van der Waals surface area (Å²) in [5, 5.41) is 5.49. The Balaban J connectivity index is 1.56. The standard InChI is InChI=1S/C23H23N5O2/c1-14-11-22-24-9-8-21(28(22)26-14)20-5-4-10-27(20)23(29)18-13-16-12-17(30-3)6-7-19(16)25-15(18)2/h6-9,11-13,20H,4-5,10H2,1-3H3. The van der Waals surface area contributed by atoms with Gasteiger partial charge in [-0.25, -0.2) is 9.50 Å². The number of likely N-dealkylation sites (tertiary alicyclic amines) is 1. The van der Waals surface area contributed by atoms with Crippen LogP contribution in [-0.4, -0.2) is 44.0 Å². The van der Waals surface area contributed by atoms with E-state index in [9.17, 15) is 4.79 Å². The van der Waals surface area contributed by atoms with Crippen LogP contribution >= 0.6 is 0 Å². The summed E-state index contributed by atoms with van der Waals surface area (Å²) in [5.74, 6) is 0.750. The zero-order chi connectivity index (χ0) is 20.8. The number of hydrogen-bond acceptors (Lipinski definition) is 5. The number of pyridine rings is 1. The number of amides is 1. The maximum Gasteiger partial charge on any atom is 0.256 e. The highest BCUT2D eigenvalue weighted by atomic mass is 16.5. The summed E-state index contributed by atoms with van der Waals surface area (Å²) in [6.45, 7) is 4.56. The third-order valence-electron chi connectivity index (χ3n) is 5.81. The first-order valence-electron chi connectivity index (χ1n) is 10.1. The van der Waals surface area contributed by atoms with Crippen molar-refractivity contribution in [2.75, 3.05) is 13.7 Å². The van der Waals surface area contributed by atoms with Gasteiger partial charge in [0.1, 0.15) is 5.75 Å². The second-order valence-corrected chi connectivity index (χ2v) is 7.76. The smallest absolute Gasteiger partial charge is 0.256 e. The molecule has 1 aliphatic heterocycles. The molecule has 5 rings (SSSR count). The van der Waals surface area contributed by atoms with Gasteiger partial charge in [-0.1, -0.05) is 0 Å². The van der Waals surface area contributed by atoms with Crippen LogP contribution in [0.3, 0.4) is 0 Å². The molecular formula is C23H23N5O2. The molecule has 0 saturated carbocycles. The van der Waals surface area contributed by atoms with E-state index in [0.29, 0.717) is 12.1 Å². The van der Waals surface area contributed by atoms with Crippen molar-refractivity contribution in [2.24, 2.45) is 0 Å². The zero-order valence-corrected chi connectivity index (χ0v) is 17.3. The highest BCUT2D eigenvalue weighted by Gasteiger charge is 2.33. The number of ether oxygens (including phenoxy) is 1. The fourth-order valence-corrected chi connectivity index (χ4v) is 4.35. The van der Waals surface area contributed by atoms with Crippen LogP contribution < -0.4 is 4.74 Å². The van der Waals surface area contributed by atoms with Crippen LogP contribution in [0.2, 0.25) is 0 Å². The molecule has 7 heteroatoms. The van der Waals surface area contributed by atoms with Gasteiger partial charge in [0.25, 0.3) is 5.91 Å². The molecule has 1 atom stereocenters. The predicted molar refractivity (Wildman–Crippen MR) is 114 cm³/mol. The summed E-state index contributed by atoms with van der Waals surface area (Å²) in [4.78, 5) is 24.6. The first-order valence-corrected chi connectivity index (χ1v) is 10.1. The van der Waals surface area contributed by atoms with Crippen LogP contribution in [0.25, 0.3) is 16.6 Å². The summed E-state index contributed by atoms with van der Waals surface area (Å²) < 4.78 is 7.19. The molecule has 0 aliphatic carbocycles. The molecular weight excluding hydrogens is 378 g/mol. The number of aryl methyl sites for hydroxylation is 2. The van der Waals surface area contributed by atoms with Crippen LogP contribution in [0.1, 0.15) is 46.3 Å². The van der Waals surface area contributed by atoms with Crippen LogP contribution in [0, 0.1) is 13.8 Å². The maximum absolute atomic E-state index is 13.6. The van der Waals surface area contributed by atoms with Crippen molar-refractivity contribution in [1.82, 2.24) is 24.5 Å². The second-order valence-electron chi connectivity index (χ2n) is 7.76. The van der Waals surface area contributed by atoms with Crippen LogP contribution in [0.5, 0.6) is 5.75 Å². The molecule has 7 nitrogen and oxygen atoms in total. The number of hydrogen-bond donors (Lipinski definition) is 0. The molecule has 0 radical (unpaired) electrons. The normalized spacial score (nSPS) is 16.5. The molecule has 0 spiro atoms. The average molecular weight is 401 g/mol. The highest BCUT2D eigenvalue weighted by Crippen LogP contribution is 2.34. The monoisotopic (exact) mass is 401 g/mol. The Bertz CT molecular complexity index is 1280. The van der Waals surface area contributed by atoms with Gasteiger partial charge in [0, 0.05) is 24.2 Å². The number of rotatable bonds is 3. The Hall–Kier alpha value is -3.48. The molecule has 1 amide bonds. The van der Waals surface area contributed by atoms with Crippen molar-refractivity contribution >= 4 is 22.5 Å². The fraction of sp³-hybridized carbons (Fsp3) is 0.304. The lowest BCUT2D eigenvalue weighted by Gasteiger charge is -2.26. The third-order valence-corrected chi connectivity index (χ3v) is 5.81. The zero-order valence-electron chi connectivity index (χ0n) is 17.3. The van der Waals surface area contributed by atoms with Crippen molar-refractivity contribution in [3.8, 4) is 5.75 Å². The minimum Gasteiger partial charge on any atom is -0.497 e. The number of fused-ring (bicyclic) bond motifs is 2. The summed E-state index contributed by atoms with van der Waals surface area (Å²) in [7, 11) is 1.64. The minimum absolute atomic E-state index is 0.000982. The predicted octanol–water partition coefficient (Wildman–Crippen LogP) is 3.88. The van der Waals surface area contributed by atoms with Crippen molar-refractivity contribution in [3.05, 3.63) is 65.2 Å². The number of aromatic nitrogens is 4. The Kier molecular flexibility index (Phi) is 4.38. The Labute approximate surface area is 174 Å². The molecule has 1 fully saturated rings. The highest BCUT2D eigenvalue weighted by molar-refractivity contribution is 5.99. The summed E-state index contributed by atoms with van der Waals surface area (Å²) in [6.07, 6.45) is 3.65. The summed E-state index contributed by atoms with van der Waals surface area (Å²) in [6, 6.07) is 11.5. The number of methoxy groups -OCH3 is 1. The van der Waals surface area contributed by atoms with Gasteiger partial charge in [-0.3, -0.25) is 9.78 Å². The molecule has 152 valence electrons. The molecule has 30 heavy (non-hydrogen) atoms. The third kappa shape index (κ3) is 2.98. The Morgan fingerprint density at radius 1 is 1.17 bits per heavy atom. The molecule has 1 aliphatic rings. The van der Waals surface area contributed by atoms with Crippen molar-refractivity contribution in [2.45, 2.75) is 32.7 Å².